The number of nitrogens with zero attached hydrogens (tertiary/aromatic N) is 2. The second-order valence-electron chi connectivity index (χ2n) is 7.72. The quantitative estimate of drug-likeness (QED) is 0.623. The van der Waals surface area contributed by atoms with Crippen molar-refractivity contribution in [1.29, 1.82) is 0 Å². The molecule has 1 aromatic heterocycles. The van der Waals surface area contributed by atoms with E-state index in [1.807, 2.05) is 23.8 Å². The number of ether oxygens (including phenoxy) is 1. The number of aliphatic hydroxyl groups excluding tert-OH is 1. The summed E-state index contributed by atoms with van der Waals surface area (Å²) in [5, 5.41) is 13.9. The number of likely N-dealkylation sites (N-methyl/N-ethyl adjacent to an activating group) is 1. The summed E-state index contributed by atoms with van der Waals surface area (Å²) >= 11 is 1.52. The van der Waals surface area contributed by atoms with Gasteiger partial charge < -0.3 is 14.7 Å². The molecular formula is C21H26N2O6S2. The average Bonchev–Trinajstić information content (AvgIpc) is 3.37. The second-order valence-corrected chi connectivity index (χ2v) is 10.4. The van der Waals surface area contributed by atoms with Gasteiger partial charge in [0.05, 0.1) is 11.0 Å². The van der Waals surface area contributed by atoms with Crippen LogP contribution in [0.4, 0.5) is 0 Å². The minimum atomic E-state index is -4.02. The number of aliphatic hydroxyl groups is 1. The van der Waals surface area contributed by atoms with Gasteiger partial charge in [-0.1, -0.05) is 6.07 Å². The van der Waals surface area contributed by atoms with E-state index < -0.39 is 40.7 Å². The van der Waals surface area contributed by atoms with E-state index in [0.717, 1.165) is 21.0 Å². The van der Waals surface area contributed by atoms with Crippen LogP contribution in [-0.2, 0) is 30.9 Å². The Hall–Kier alpha value is -2.27. The first-order valence-corrected chi connectivity index (χ1v) is 12.2. The number of carbonyl (C=O) groups excluding carboxylic acids is 2. The van der Waals surface area contributed by atoms with Crippen molar-refractivity contribution >= 4 is 33.2 Å². The molecule has 1 aliphatic heterocycles. The van der Waals surface area contributed by atoms with Crippen molar-refractivity contribution in [1.82, 2.24) is 9.21 Å². The predicted octanol–water partition coefficient (Wildman–Crippen LogP) is 1.69. The van der Waals surface area contributed by atoms with Crippen LogP contribution in [0.25, 0.3) is 0 Å². The molecule has 1 unspecified atom stereocenters. The molecule has 1 N–H and O–H groups in total. The molecule has 31 heavy (non-hydrogen) atoms. The van der Waals surface area contributed by atoms with Crippen LogP contribution in [0.15, 0.2) is 39.9 Å². The number of esters is 1. The van der Waals surface area contributed by atoms with E-state index in [2.05, 4.69) is 0 Å². The number of β-amino-alcohol motifs (C(OH)–C–C–N with tert-alkyl or cyclic N) is 1. The number of aryl methyl sites for hydroxylation is 2. The zero-order valence-corrected chi connectivity index (χ0v) is 19.3. The van der Waals surface area contributed by atoms with E-state index >= 15 is 0 Å². The summed E-state index contributed by atoms with van der Waals surface area (Å²) in [5.41, 5.74) is 2.72. The summed E-state index contributed by atoms with van der Waals surface area (Å²) in [7, 11) is -2.42. The van der Waals surface area contributed by atoms with Crippen molar-refractivity contribution in [3.05, 3.63) is 51.7 Å². The fourth-order valence-corrected chi connectivity index (χ4v) is 5.73. The Morgan fingerprint density at radius 3 is 2.65 bits per heavy atom. The first kappa shape index (κ1) is 23.4. The van der Waals surface area contributed by atoms with Gasteiger partial charge in [-0.3, -0.25) is 9.59 Å². The molecule has 2 aromatic rings. The molecule has 8 nitrogen and oxygen atoms in total. The van der Waals surface area contributed by atoms with E-state index in [-0.39, 0.29) is 17.9 Å². The molecule has 0 bridgehead atoms. The monoisotopic (exact) mass is 466 g/mol. The molecule has 2 atom stereocenters. The number of amides is 1. The highest BCUT2D eigenvalue weighted by atomic mass is 32.2. The lowest BCUT2D eigenvalue weighted by atomic mass is 10.1. The Balaban J connectivity index is 1.67. The Kier molecular flexibility index (Phi) is 7.15. The lowest BCUT2D eigenvalue weighted by molar-refractivity contribution is -0.154. The third-order valence-corrected chi connectivity index (χ3v) is 7.96. The largest absolute Gasteiger partial charge is 0.454 e. The van der Waals surface area contributed by atoms with Crippen molar-refractivity contribution in [2.24, 2.45) is 0 Å². The Bertz CT molecular complexity index is 1050. The molecule has 1 fully saturated rings. The van der Waals surface area contributed by atoms with Crippen LogP contribution >= 0.6 is 11.3 Å². The van der Waals surface area contributed by atoms with E-state index in [4.69, 9.17) is 4.74 Å². The normalized spacial score (nSPS) is 19.4. The number of carbonyl (C=O) groups is 2. The number of thiophene rings is 1. The Morgan fingerprint density at radius 2 is 2.00 bits per heavy atom. The number of rotatable bonds is 7. The molecular weight excluding hydrogens is 440 g/mol. The SMILES string of the molecule is Cc1ccc(S(=O)(=O)N2CC(O)C[C@H]2C(=O)OCC(=O)N(C)Cc2ccsc2)cc1C. The summed E-state index contributed by atoms with van der Waals surface area (Å²) in [4.78, 5) is 26.4. The van der Waals surface area contributed by atoms with Gasteiger partial charge in [0.25, 0.3) is 5.91 Å². The molecule has 0 spiro atoms. The van der Waals surface area contributed by atoms with Gasteiger partial charge in [-0.2, -0.15) is 15.6 Å². The van der Waals surface area contributed by atoms with Crippen molar-refractivity contribution in [2.45, 2.75) is 43.9 Å². The van der Waals surface area contributed by atoms with Crippen molar-refractivity contribution < 1.29 is 27.9 Å². The summed E-state index contributed by atoms with van der Waals surface area (Å²) < 4.78 is 32.3. The van der Waals surface area contributed by atoms with E-state index in [9.17, 15) is 23.1 Å². The molecule has 10 heteroatoms. The van der Waals surface area contributed by atoms with Crippen LogP contribution < -0.4 is 0 Å². The standard InChI is InChI=1S/C21H26N2O6S2/c1-14-4-5-18(8-15(14)2)31(27,28)23-11-17(24)9-19(23)21(26)29-12-20(25)22(3)10-16-6-7-30-13-16/h4-8,13,17,19,24H,9-12H2,1-3H3/t17?,19-/m0/s1. The number of sulfonamides is 1. The molecule has 0 aliphatic carbocycles. The zero-order valence-electron chi connectivity index (χ0n) is 17.6. The first-order valence-electron chi connectivity index (χ1n) is 9.78. The van der Waals surface area contributed by atoms with Crippen molar-refractivity contribution in [3.63, 3.8) is 0 Å². The maximum atomic E-state index is 13.1. The topological polar surface area (TPSA) is 104 Å². The van der Waals surface area contributed by atoms with Crippen LogP contribution in [0.1, 0.15) is 23.1 Å². The molecule has 3 rings (SSSR count). The highest BCUT2D eigenvalue weighted by Crippen LogP contribution is 2.28. The number of hydrogen-bond acceptors (Lipinski definition) is 7. The third kappa shape index (κ3) is 5.32. The lowest BCUT2D eigenvalue weighted by Gasteiger charge is -2.23. The molecule has 0 saturated carbocycles. The summed E-state index contributed by atoms with van der Waals surface area (Å²) in [6.45, 7) is 3.36. The Labute approximate surface area is 186 Å². The van der Waals surface area contributed by atoms with Gasteiger partial charge in [-0.05, 0) is 59.5 Å². The molecule has 1 aromatic carbocycles. The van der Waals surface area contributed by atoms with E-state index in [0.29, 0.717) is 6.54 Å². The van der Waals surface area contributed by atoms with Crippen molar-refractivity contribution in [3.8, 4) is 0 Å². The van der Waals surface area contributed by atoms with Crippen LogP contribution in [0.3, 0.4) is 0 Å². The molecule has 1 amide bonds. The fraction of sp³-hybridized carbons (Fsp3) is 0.429. The van der Waals surface area contributed by atoms with E-state index in [1.54, 1.807) is 26.1 Å². The van der Waals surface area contributed by atoms with Gasteiger partial charge in [0, 0.05) is 26.6 Å². The maximum absolute atomic E-state index is 13.1. The van der Waals surface area contributed by atoms with Crippen LogP contribution in [0, 0.1) is 13.8 Å². The minimum Gasteiger partial charge on any atom is -0.454 e. The summed E-state index contributed by atoms with van der Waals surface area (Å²) in [6, 6.07) is 5.44. The second kappa shape index (κ2) is 9.47. The lowest BCUT2D eigenvalue weighted by Crippen LogP contribution is -2.42. The maximum Gasteiger partial charge on any atom is 0.325 e. The van der Waals surface area contributed by atoms with Crippen LogP contribution in [-0.4, -0.2) is 67.0 Å². The van der Waals surface area contributed by atoms with Gasteiger partial charge in [0.1, 0.15) is 6.04 Å². The first-order chi connectivity index (χ1) is 14.6. The van der Waals surface area contributed by atoms with Gasteiger partial charge >= 0.3 is 5.97 Å². The van der Waals surface area contributed by atoms with Crippen LogP contribution in [0.5, 0.6) is 0 Å². The summed E-state index contributed by atoms with van der Waals surface area (Å²) in [5.74, 6) is -1.25. The van der Waals surface area contributed by atoms with E-state index in [1.165, 1.54) is 22.3 Å². The fourth-order valence-electron chi connectivity index (χ4n) is 3.36. The average molecular weight is 467 g/mol. The Morgan fingerprint density at radius 1 is 1.26 bits per heavy atom. The van der Waals surface area contributed by atoms with Crippen LogP contribution in [0.2, 0.25) is 0 Å². The summed E-state index contributed by atoms with van der Waals surface area (Å²) in [6.07, 6.45) is -1.07. The zero-order chi connectivity index (χ0) is 22.8. The molecule has 2 heterocycles. The number of hydrogen-bond donors (Lipinski definition) is 1. The predicted molar refractivity (Wildman–Crippen MR) is 116 cm³/mol. The highest BCUT2D eigenvalue weighted by Gasteiger charge is 2.44. The molecule has 1 saturated heterocycles. The molecule has 0 radical (unpaired) electrons. The smallest absolute Gasteiger partial charge is 0.325 e. The third-order valence-electron chi connectivity index (χ3n) is 5.35. The number of benzene rings is 1. The van der Waals surface area contributed by atoms with Gasteiger partial charge in [-0.25, -0.2) is 8.42 Å². The molecule has 168 valence electrons. The van der Waals surface area contributed by atoms with Gasteiger partial charge in [-0.15, -0.1) is 0 Å². The highest BCUT2D eigenvalue weighted by molar-refractivity contribution is 7.89. The van der Waals surface area contributed by atoms with Gasteiger partial charge in [0.15, 0.2) is 6.61 Å². The van der Waals surface area contributed by atoms with Gasteiger partial charge in [0.2, 0.25) is 10.0 Å². The van der Waals surface area contributed by atoms with Crippen molar-refractivity contribution in [2.75, 3.05) is 20.2 Å². The minimum absolute atomic E-state index is 0.0501. The molecule has 1 aliphatic rings.